The Morgan fingerprint density at radius 1 is 1.24 bits per heavy atom. The Hall–Kier alpha value is -2.57. The van der Waals surface area contributed by atoms with Crippen molar-refractivity contribution in [3.8, 4) is 11.5 Å². The number of hydrogen-bond donors (Lipinski definition) is 0. The monoisotopic (exact) mass is 288 g/mol. The molecule has 21 heavy (non-hydrogen) atoms. The van der Waals surface area contributed by atoms with Gasteiger partial charge < -0.3 is 18.9 Å². The van der Waals surface area contributed by atoms with Crippen LogP contribution in [0.2, 0.25) is 0 Å². The molecule has 1 aromatic heterocycles. The minimum atomic E-state index is -0.0799. The average molecular weight is 288 g/mol. The zero-order valence-corrected chi connectivity index (χ0v) is 11.9. The first kappa shape index (κ1) is 13.4. The number of carbonyl (C=O) groups excluding carboxylic acids is 1. The lowest BCUT2D eigenvalue weighted by Gasteiger charge is -2.27. The fourth-order valence-electron chi connectivity index (χ4n) is 2.39. The van der Waals surface area contributed by atoms with Gasteiger partial charge in [-0.25, -0.2) is 0 Å². The van der Waals surface area contributed by atoms with Crippen molar-refractivity contribution in [2.45, 2.75) is 13.1 Å². The molecule has 0 unspecified atom stereocenters. The van der Waals surface area contributed by atoms with Crippen LogP contribution in [0.5, 0.6) is 11.5 Å². The Balaban J connectivity index is 1.86. The van der Waals surface area contributed by atoms with Crippen LogP contribution in [0.1, 0.15) is 16.2 Å². The van der Waals surface area contributed by atoms with Gasteiger partial charge in [-0.3, -0.25) is 4.79 Å². The van der Waals surface area contributed by atoms with Gasteiger partial charge in [0.05, 0.1) is 26.3 Å². The zero-order chi connectivity index (χ0) is 14.8. The first-order valence-electron chi connectivity index (χ1n) is 6.61. The van der Waals surface area contributed by atoms with Gasteiger partial charge in [0.15, 0.2) is 5.82 Å². The molecule has 3 rings (SSSR count). The summed E-state index contributed by atoms with van der Waals surface area (Å²) in [7, 11) is 3.12. The van der Waals surface area contributed by atoms with Crippen LogP contribution in [0.3, 0.4) is 0 Å². The summed E-state index contributed by atoms with van der Waals surface area (Å²) in [4.78, 5) is 14.4. The van der Waals surface area contributed by atoms with Gasteiger partial charge in [0.2, 0.25) is 0 Å². The highest BCUT2D eigenvalue weighted by Gasteiger charge is 2.25. The van der Waals surface area contributed by atoms with Crippen molar-refractivity contribution >= 4 is 5.91 Å². The number of hydrogen-bond acceptors (Lipinski definition) is 5. The van der Waals surface area contributed by atoms with E-state index in [0.29, 0.717) is 36.7 Å². The van der Waals surface area contributed by atoms with Gasteiger partial charge in [-0.15, -0.1) is 10.2 Å². The predicted octanol–water partition coefficient (Wildman–Crippen LogP) is 0.951. The minimum absolute atomic E-state index is 0.0799. The van der Waals surface area contributed by atoms with Crippen molar-refractivity contribution in [1.29, 1.82) is 0 Å². The van der Waals surface area contributed by atoms with Crippen LogP contribution in [0.25, 0.3) is 0 Å². The maximum Gasteiger partial charge on any atom is 0.258 e. The van der Waals surface area contributed by atoms with Crippen molar-refractivity contribution in [1.82, 2.24) is 19.7 Å². The Kier molecular flexibility index (Phi) is 3.47. The summed E-state index contributed by atoms with van der Waals surface area (Å²) < 4.78 is 12.4. The minimum Gasteiger partial charge on any atom is -0.497 e. The van der Waals surface area contributed by atoms with E-state index in [2.05, 4.69) is 10.2 Å². The van der Waals surface area contributed by atoms with Gasteiger partial charge in [-0.1, -0.05) is 0 Å². The van der Waals surface area contributed by atoms with E-state index < -0.39 is 0 Å². The second-order valence-corrected chi connectivity index (χ2v) is 4.73. The quantitative estimate of drug-likeness (QED) is 0.841. The topological polar surface area (TPSA) is 69.5 Å². The lowest BCUT2D eigenvalue weighted by Crippen LogP contribution is -2.38. The van der Waals surface area contributed by atoms with Gasteiger partial charge in [-0.2, -0.15) is 0 Å². The highest BCUT2D eigenvalue weighted by molar-refractivity contribution is 5.97. The molecule has 0 N–H and O–H groups in total. The molecule has 0 saturated heterocycles. The molecule has 1 aliphatic rings. The zero-order valence-electron chi connectivity index (χ0n) is 11.9. The van der Waals surface area contributed by atoms with Crippen LogP contribution < -0.4 is 9.47 Å². The molecular formula is C14H16N4O3. The van der Waals surface area contributed by atoms with Gasteiger partial charge in [0.25, 0.3) is 5.91 Å². The number of ether oxygens (including phenoxy) is 2. The fourth-order valence-corrected chi connectivity index (χ4v) is 2.39. The summed E-state index contributed by atoms with van der Waals surface area (Å²) in [5.41, 5.74) is 0.520. The number of rotatable bonds is 3. The van der Waals surface area contributed by atoms with E-state index in [0.717, 1.165) is 5.82 Å². The van der Waals surface area contributed by atoms with E-state index in [4.69, 9.17) is 9.47 Å². The lowest BCUT2D eigenvalue weighted by molar-refractivity contribution is 0.0704. The fraction of sp³-hybridized carbons (Fsp3) is 0.357. The summed E-state index contributed by atoms with van der Waals surface area (Å²) in [5, 5.41) is 7.88. The number of benzene rings is 1. The molecule has 0 aliphatic carbocycles. The maximum atomic E-state index is 12.7. The number of carbonyl (C=O) groups is 1. The Bertz CT molecular complexity index is 668. The molecule has 0 saturated carbocycles. The highest BCUT2D eigenvalue weighted by atomic mass is 16.5. The third-order valence-corrected chi connectivity index (χ3v) is 3.57. The molecule has 1 amide bonds. The molecule has 2 aromatic rings. The first-order valence-corrected chi connectivity index (χ1v) is 6.61. The molecule has 0 radical (unpaired) electrons. The van der Waals surface area contributed by atoms with Gasteiger partial charge in [0, 0.05) is 19.2 Å². The second kappa shape index (κ2) is 5.43. The van der Waals surface area contributed by atoms with Crippen LogP contribution in [0.4, 0.5) is 0 Å². The standard InChI is InChI=1S/C14H16N4O3/c1-20-10-3-4-11(12(7-10)21-2)14(19)17-5-6-18-9-15-16-13(18)8-17/h3-4,7,9H,5-6,8H2,1-2H3. The van der Waals surface area contributed by atoms with Gasteiger partial charge in [0.1, 0.15) is 17.8 Å². The molecule has 110 valence electrons. The van der Waals surface area contributed by atoms with E-state index in [1.165, 1.54) is 0 Å². The summed E-state index contributed by atoms with van der Waals surface area (Å²) >= 11 is 0. The van der Waals surface area contributed by atoms with Crippen LogP contribution in [0.15, 0.2) is 24.5 Å². The number of amides is 1. The van der Waals surface area contributed by atoms with Crippen molar-refractivity contribution < 1.29 is 14.3 Å². The smallest absolute Gasteiger partial charge is 0.258 e. The molecular weight excluding hydrogens is 272 g/mol. The summed E-state index contributed by atoms with van der Waals surface area (Å²) in [6.07, 6.45) is 1.69. The van der Waals surface area contributed by atoms with E-state index in [-0.39, 0.29) is 5.91 Å². The molecule has 1 aliphatic heterocycles. The van der Waals surface area contributed by atoms with Crippen molar-refractivity contribution in [3.63, 3.8) is 0 Å². The number of methoxy groups -OCH3 is 2. The SMILES string of the molecule is COc1ccc(C(=O)N2CCn3cnnc3C2)c(OC)c1. The van der Waals surface area contributed by atoms with E-state index in [1.54, 1.807) is 43.6 Å². The third-order valence-electron chi connectivity index (χ3n) is 3.57. The maximum absolute atomic E-state index is 12.7. The summed E-state index contributed by atoms with van der Waals surface area (Å²) in [6.45, 7) is 1.78. The van der Waals surface area contributed by atoms with Crippen LogP contribution in [0, 0.1) is 0 Å². The Labute approximate surface area is 122 Å². The molecule has 0 bridgehead atoms. The van der Waals surface area contributed by atoms with Gasteiger partial charge in [-0.05, 0) is 12.1 Å². The molecule has 0 fully saturated rings. The van der Waals surface area contributed by atoms with Crippen molar-refractivity contribution in [3.05, 3.63) is 35.9 Å². The molecule has 0 spiro atoms. The normalized spacial score (nSPS) is 13.7. The highest BCUT2D eigenvalue weighted by Crippen LogP contribution is 2.26. The average Bonchev–Trinajstić information content (AvgIpc) is 3.01. The number of nitrogens with zero attached hydrogens (tertiary/aromatic N) is 4. The lowest BCUT2D eigenvalue weighted by atomic mass is 10.1. The molecule has 1 aromatic carbocycles. The number of fused-ring (bicyclic) bond motifs is 1. The molecule has 7 heteroatoms. The number of aromatic nitrogens is 3. The van der Waals surface area contributed by atoms with Gasteiger partial charge >= 0.3 is 0 Å². The van der Waals surface area contributed by atoms with Crippen LogP contribution in [-0.4, -0.2) is 46.3 Å². The van der Waals surface area contributed by atoms with E-state index >= 15 is 0 Å². The summed E-state index contributed by atoms with van der Waals surface area (Å²) in [5.74, 6) is 1.87. The largest absolute Gasteiger partial charge is 0.497 e. The Morgan fingerprint density at radius 2 is 2.10 bits per heavy atom. The molecule has 7 nitrogen and oxygen atoms in total. The molecule has 0 atom stereocenters. The van der Waals surface area contributed by atoms with Crippen molar-refractivity contribution in [2.75, 3.05) is 20.8 Å². The van der Waals surface area contributed by atoms with E-state index in [1.807, 2.05) is 4.57 Å². The second-order valence-electron chi connectivity index (χ2n) is 4.73. The van der Waals surface area contributed by atoms with Crippen molar-refractivity contribution in [2.24, 2.45) is 0 Å². The van der Waals surface area contributed by atoms with Crippen LogP contribution in [-0.2, 0) is 13.1 Å². The van der Waals surface area contributed by atoms with E-state index in [9.17, 15) is 4.79 Å². The Morgan fingerprint density at radius 3 is 2.86 bits per heavy atom. The predicted molar refractivity (Wildman–Crippen MR) is 74.3 cm³/mol. The van der Waals surface area contributed by atoms with Crippen LogP contribution >= 0.6 is 0 Å². The summed E-state index contributed by atoms with van der Waals surface area (Å²) in [6, 6.07) is 5.18. The third kappa shape index (κ3) is 2.42. The molecule has 2 heterocycles. The first-order chi connectivity index (χ1) is 10.2.